The third-order valence-electron chi connectivity index (χ3n) is 2.75. The Morgan fingerprint density at radius 3 is 3.19 bits per heavy atom. The molecule has 0 spiro atoms. The lowest BCUT2D eigenvalue weighted by molar-refractivity contribution is 0.599. The smallest absolute Gasteiger partial charge is 0.296 e. The van der Waals surface area contributed by atoms with Crippen LogP contribution < -0.4 is 10.6 Å². The summed E-state index contributed by atoms with van der Waals surface area (Å²) < 4.78 is 5.58. The number of para-hydroxylation sites is 1. The minimum absolute atomic E-state index is 0.395. The number of benzene rings is 1. The molecule has 0 aliphatic carbocycles. The molecule has 4 nitrogen and oxygen atoms in total. The van der Waals surface area contributed by atoms with Crippen molar-refractivity contribution in [2.45, 2.75) is 12.5 Å². The van der Waals surface area contributed by atoms with Crippen molar-refractivity contribution in [3.05, 3.63) is 23.2 Å². The van der Waals surface area contributed by atoms with Gasteiger partial charge >= 0.3 is 0 Å². The summed E-state index contributed by atoms with van der Waals surface area (Å²) in [6.07, 6.45) is 1.09. The fraction of sp³-hybridized carbons (Fsp3) is 0.364. The van der Waals surface area contributed by atoms with Gasteiger partial charge in [-0.3, -0.25) is 0 Å². The van der Waals surface area contributed by atoms with Crippen LogP contribution in [-0.2, 0) is 0 Å². The van der Waals surface area contributed by atoms with Gasteiger partial charge < -0.3 is 15.1 Å². The summed E-state index contributed by atoms with van der Waals surface area (Å²) in [4.78, 5) is 4.35. The lowest BCUT2D eigenvalue weighted by atomic mass is 10.3. The van der Waals surface area contributed by atoms with Crippen LogP contribution in [0.25, 0.3) is 11.1 Å². The molecule has 1 unspecified atom stereocenters. The number of fused-ring (bicyclic) bond motifs is 1. The van der Waals surface area contributed by atoms with E-state index >= 15 is 0 Å². The Kier molecular flexibility index (Phi) is 2.46. The fourth-order valence-corrected chi connectivity index (χ4v) is 2.14. The Morgan fingerprint density at radius 1 is 1.50 bits per heavy atom. The van der Waals surface area contributed by atoms with E-state index in [0.29, 0.717) is 22.7 Å². The largest absolute Gasteiger partial charge is 0.422 e. The van der Waals surface area contributed by atoms with Gasteiger partial charge in [0.15, 0.2) is 5.58 Å². The fourth-order valence-electron chi connectivity index (χ4n) is 1.93. The molecule has 1 aliphatic heterocycles. The highest BCUT2D eigenvalue weighted by Crippen LogP contribution is 2.26. The minimum atomic E-state index is 0.395. The molecule has 16 heavy (non-hydrogen) atoms. The summed E-state index contributed by atoms with van der Waals surface area (Å²) in [5, 5.41) is 7.14. The number of hydrogen-bond acceptors (Lipinski definition) is 4. The molecule has 0 radical (unpaired) electrons. The summed E-state index contributed by atoms with van der Waals surface area (Å²) in [5.41, 5.74) is 1.44. The molecular formula is C11H12ClN3O. The van der Waals surface area contributed by atoms with Gasteiger partial charge in [-0.1, -0.05) is 17.7 Å². The highest BCUT2D eigenvalue weighted by atomic mass is 35.5. The quantitative estimate of drug-likeness (QED) is 0.841. The number of nitrogens with zero attached hydrogens (tertiary/aromatic N) is 1. The van der Waals surface area contributed by atoms with E-state index in [4.69, 9.17) is 16.0 Å². The zero-order valence-corrected chi connectivity index (χ0v) is 9.42. The van der Waals surface area contributed by atoms with E-state index in [1.165, 1.54) is 0 Å². The van der Waals surface area contributed by atoms with Crippen molar-refractivity contribution < 1.29 is 4.42 Å². The summed E-state index contributed by atoms with van der Waals surface area (Å²) in [6, 6.07) is 6.51. The van der Waals surface area contributed by atoms with Crippen LogP contribution in [0.3, 0.4) is 0 Å². The maximum atomic E-state index is 6.01. The van der Waals surface area contributed by atoms with E-state index in [0.717, 1.165) is 25.0 Å². The number of hydrogen-bond donors (Lipinski definition) is 2. The normalized spacial score (nSPS) is 20.4. The van der Waals surface area contributed by atoms with E-state index in [-0.39, 0.29) is 0 Å². The predicted octanol–water partition coefficient (Wildman–Crippen LogP) is 2.25. The molecule has 84 valence electrons. The average Bonchev–Trinajstić information content (AvgIpc) is 2.88. The second-order valence-corrected chi connectivity index (χ2v) is 4.35. The van der Waals surface area contributed by atoms with Crippen molar-refractivity contribution in [3.63, 3.8) is 0 Å². The Morgan fingerprint density at radius 2 is 2.44 bits per heavy atom. The van der Waals surface area contributed by atoms with E-state index in [1.807, 2.05) is 12.1 Å². The molecule has 1 aromatic heterocycles. The van der Waals surface area contributed by atoms with Gasteiger partial charge in [0.25, 0.3) is 6.01 Å². The van der Waals surface area contributed by atoms with Gasteiger partial charge in [0, 0.05) is 12.6 Å². The maximum absolute atomic E-state index is 6.01. The molecule has 0 bridgehead atoms. The number of anilines is 1. The number of aromatic nitrogens is 1. The van der Waals surface area contributed by atoms with Gasteiger partial charge in [-0.25, -0.2) is 0 Å². The van der Waals surface area contributed by atoms with E-state index in [1.54, 1.807) is 6.07 Å². The third kappa shape index (κ3) is 1.74. The summed E-state index contributed by atoms with van der Waals surface area (Å²) in [6.45, 7) is 1.99. The van der Waals surface area contributed by atoms with Crippen molar-refractivity contribution in [3.8, 4) is 0 Å². The molecule has 0 amide bonds. The lowest BCUT2D eigenvalue weighted by Gasteiger charge is -2.07. The molecular weight excluding hydrogens is 226 g/mol. The van der Waals surface area contributed by atoms with Crippen molar-refractivity contribution in [1.82, 2.24) is 10.3 Å². The number of halogens is 1. The first kappa shape index (κ1) is 9.93. The standard InChI is InChI=1S/C11H12ClN3O/c12-8-2-1-3-9-10(8)16-11(15-9)14-7-4-5-13-6-7/h1-3,7,13H,4-6H2,(H,14,15). The van der Waals surface area contributed by atoms with Crippen LogP contribution in [0.15, 0.2) is 22.6 Å². The molecule has 0 saturated carbocycles. The molecule has 1 aliphatic rings. The van der Waals surface area contributed by atoms with Crippen LogP contribution in [0, 0.1) is 0 Å². The average molecular weight is 238 g/mol. The molecule has 3 rings (SSSR count). The van der Waals surface area contributed by atoms with Gasteiger partial charge in [-0.05, 0) is 25.1 Å². The van der Waals surface area contributed by atoms with Crippen molar-refractivity contribution in [2.75, 3.05) is 18.4 Å². The Hall–Kier alpha value is -1.26. The molecule has 2 heterocycles. The maximum Gasteiger partial charge on any atom is 0.296 e. The van der Waals surface area contributed by atoms with E-state index < -0.39 is 0 Å². The Bertz CT molecular complexity index is 505. The van der Waals surface area contributed by atoms with Crippen molar-refractivity contribution >= 4 is 28.7 Å². The van der Waals surface area contributed by atoms with Crippen LogP contribution in [-0.4, -0.2) is 24.1 Å². The highest BCUT2D eigenvalue weighted by molar-refractivity contribution is 6.34. The molecule has 1 atom stereocenters. The van der Waals surface area contributed by atoms with Crippen LogP contribution in [0.1, 0.15) is 6.42 Å². The summed E-state index contributed by atoms with van der Waals surface area (Å²) in [5.74, 6) is 0. The predicted molar refractivity (Wildman–Crippen MR) is 63.9 cm³/mol. The number of oxazole rings is 1. The summed E-state index contributed by atoms with van der Waals surface area (Å²) >= 11 is 6.01. The monoisotopic (exact) mass is 237 g/mol. The van der Waals surface area contributed by atoms with Crippen LogP contribution >= 0.6 is 11.6 Å². The number of rotatable bonds is 2. The summed E-state index contributed by atoms with van der Waals surface area (Å²) in [7, 11) is 0. The minimum Gasteiger partial charge on any atom is -0.422 e. The highest BCUT2D eigenvalue weighted by Gasteiger charge is 2.17. The van der Waals surface area contributed by atoms with Crippen molar-refractivity contribution in [1.29, 1.82) is 0 Å². The van der Waals surface area contributed by atoms with Crippen LogP contribution in [0.5, 0.6) is 0 Å². The zero-order chi connectivity index (χ0) is 11.0. The Labute approximate surface area is 98.0 Å². The zero-order valence-electron chi connectivity index (χ0n) is 8.66. The van der Waals surface area contributed by atoms with Crippen LogP contribution in [0.4, 0.5) is 6.01 Å². The van der Waals surface area contributed by atoms with Gasteiger partial charge in [0.05, 0.1) is 5.02 Å². The van der Waals surface area contributed by atoms with Gasteiger partial charge in [0.1, 0.15) is 5.52 Å². The van der Waals surface area contributed by atoms with Gasteiger partial charge in [-0.15, -0.1) is 0 Å². The molecule has 1 fully saturated rings. The van der Waals surface area contributed by atoms with Crippen molar-refractivity contribution in [2.24, 2.45) is 0 Å². The molecule has 1 aromatic carbocycles. The second-order valence-electron chi connectivity index (χ2n) is 3.94. The SMILES string of the molecule is Clc1cccc2nc(NC3CCNC3)oc12. The van der Waals surface area contributed by atoms with Crippen LogP contribution in [0.2, 0.25) is 5.02 Å². The molecule has 2 N–H and O–H groups in total. The topological polar surface area (TPSA) is 50.1 Å². The number of nitrogens with one attached hydrogen (secondary N) is 2. The molecule has 5 heteroatoms. The lowest BCUT2D eigenvalue weighted by Crippen LogP contribution is -2.22. The van der Waals surface area contributed by atoms with E-state index in [9.17, 15) is 0 Å². The van der Waals surface area contributed by atoms with E-state index in [2.05, 4.69) is 15.6 Å². The Balaban J connectivity index is 1.90. The van der Waals surface area contributed by atoms with Gasteiger partial charge in [0.2, 0.25) is 0 Å². The first-order valence-electron chi connectivity index (χ1n) is 5.35. The first-order chi connectivity index (χ1) is 7.83. The first-order valence-corrected chi connectivity index (χ1v) is 5.73. The third-order valence-corrected chi connectivity index (χ3v) is 3.05. The molecule has 1 saturated heterocycles. The second kappa shape index (κ2) is 3.96. The van der Waals surface area contributed by atoms with Gasteiger partial charge in [-0.2, -0.15) is 4.98 Å². The molecule has 2 aromatic rings.